The van der Waals surface area contributed by atoms with Crippen LogP contribution in [0.4, 0.5) is 13.2 Å². The van der Waals surface area contributed by atoms with Crippen LogP contribution < -0.4 is 5.32 Å². The highest BCUT2D eigenvalue weighted by Gasteiger charge is 2.45. The Morgan fingerprint density at radius 2 is 1.93 bits per heavy atom. The zero-order valence-corrected chi connectivity index (χ0v) is 16.0. The van der Waals surface area contributed by atoms with E-state index >= 15 is 0 Å². The van der Waals surface area contributed by atoms with Crippen LogP contribution in [0.25, 0.3) is 0 Å². The summed E-state index contributed by atoms with van der Waals surface area (Å²) >= 11 is 0. The number of ether oxygens (including phenoxy) is 2. The van der Waals surface area contributed by atoms with Gasteiger partial charge in [-0.05, 0) is 25.3 Å². The van der Waals surface area contributed by atoms with Crippen LogP contribution in [0.2, 0.25) is 0 Å². The lowest BCUT2D eigenvalue weighted by atomic mass is 10.0. The Morgan fingerprint density at radius 1 is 1.29 bits per heavy atom. The third-order valence-electron chi connectivity index (χ3n) is 4.73. The number of amides is 2. The van der Waals surface area contributed by atoms with Crippen LogP contribution in [0.1, 0.15) is 38.3 Å². The van der Waals surface area contributed by atoms with Gasteiger partial charge in [0.05, 0.1) is 18.2 Å². The molecule has 9 heteroatoms. The average Bonchev–Trinajstić information content (AvgIpc) is 2.65. The number of halogens is 3. The smallest absolute Gasteiger partial charge is 0.354 e. The highest BCUT2D eigenvalue weighted by molar-refractivity contribution is 5.82. The Morgan fingerprint density at radius 3 is 2.46 bits per heavy atom. The number of methoxy groups -OCH3 is 1. The minimum atomic E-state index is -4.99. The fourth-order valence-corrected chi connectivity index (χ4v) is 3.32. The zero-order chi connectivity index (χ0) is 20.9. The summed E-state index contributed by atoms with van der Waals surface area (Å²) in [4.78, 5) is 24.1. The Bertz CT molecular complexity index is 669. The Balaban J connectivity index is 2.16. The Kier molecular flexibility index (Phi) is 7.42. The van der Waals surface area contributed by atoms with Gasteiger partial charge in [0.2, 0.25) is 5.91 Å². The SMILES string of the molecule is CO[C@H]1O[C@H](CN(C(=O)C(F)(F)F)[C@H](C)c2ccccc2)CC[C@H]1NC(C)=O. The maximum atomic E-state index is 13.2. The molecule has 0 radical (unpaired) electrons. The Labute approximate surface area is 162 Å². The summed E-state index contributed by atoms with van der Waals surface area (Å²) < 4.78 is 50.5. The number of rotatable bonds is 6. The number of nitrogens with zero attached hydrogens (tertiary/aromatic N) is 1. The van der Waals surface area contributed by atoms with E-state index in [1.54, 1.807) is 37.3 Å². The van der Waals surface area contributed by atoms with Crippen molar-refractivity contribution in [3.8, 4) is 0 Å². The average molecular weight is 402 g/mol. The van der Waals surface area contributed by atoms with Gasteiger partial charge in [0.25, 0.3) is 0 Å². The van der Waals surface area contributed by atoms with Crippen LogP contribution in [0, 0.1) is 0 Å². The normalized spacial score (nSPS) is 23.7. The minimum absolute atomic E-state index is 0.235. The van der Waals surface area contributed by atoms with Crippen molar-refractivity contribution in [2.45, 2.75) is 57.3 Å². The van der Waals surface area contributed by atoms with Crippen molar-refractivity contribution in [2.75, 3.05) is 13.7 Å². The summed E-state index contributed by atoms with van der Waals surface area (Å²) in [5, 5.41) is 2.70. The molecule has 2 rings (SSSR count). The molecule has 0 unspecified atom stereocenters. The molecule has 1 aliphatic heterocycles. The van der Waals surface area contributed by atoms with E-state index in [-0.39, 0.29) is 12.5 Å². The summed E-state index contributed by atoms with van der Waals surface area (Å²) in [6.07, 6.45) is -5.58. The van der Waals surface area contributed by atoms with Gasteiger partial charge in [0, 0.05) is 20.6 Å². The quantitative estimate of drug-likeness (QED) is 0.795. The van der Waals surface area contributed by atoms with E-state index in [2.05, 4.69) is 5.32 Å². The highest BCUT2D eigenvalue weighted by Crippen LogP contribution is 2.29. The predicted octanol–water partition coefficient (Wildman–Crippen LogP) is 2.79. The van der Waals surface area contributed by atoms with E-state index < -0.39 is 36.6 Å². The number of nitrogens with one attached hydrogen (secondary N) is 1. The number of carbonyl (C=O) groups is 2. The van der Waals surface area contributed by atoms with E-state index in [1.165, 1.54) is 14.0 Å². The van der Waals surface area contributed by atoms with Gasteiger partial charge in [-0.25, -0.2) is 0 Å². The van der Waals surface area contributed by atoms with Crippen molar-refractivity contribution in [3.63, 3.8) is 0 Å². The molecule has 2 amide bonds. The number of hydrogen-bond acceptors (Lipinski definition) is 4. The topological polar surface area (TPSA) is 67.9 Å². The van der Waals surface area contributed by atoms with Crippen LogP contribution >= 0.6 is 0 Å². The van der Waals surface area contributed by atoms with Crippen molar-refractivity contribution >= 4 is 11.8 Å². The third-order valence-corrected chi connectivity index (χ3v) is 4.73. The van der Waals surface area contributed by atoms with E-state index in [0.717, 1.165) is 4.90 Å². The van der Waals surface area contributed by atoms with Crippen molar-refractivity contribution in [3.05, 3.63) is 35.9 Å². The lowest BCUT2D eigenvalue weighted by molar-refractivity contribution is -0.209. The second kappa shape index (κ2) is 9.38. The molecule has 0 spiro atoms. The molecule has 6 nitrogen and oxygen atoms in total. The van der Waals surface area contributed by atoms with Crippen molar-refractivity contribution < 1.29 is 32.2 Å². The molecule has 1 fully saturated rings. The maximum absolute atomic E-state index is 13.2. The first kappa shape index (κ1) is 22.2. The van der Waals surface area contributed by atoms with Gasteiger partial charge in [0.1, 0.15) is 0 Å². The largest absolute Gasteiger partial charge is 0.471 e. The molecule has 0 saturated carbocycles. The molecule has 156 valence electrons. The van der Waals surface area contributed by atoms with E-state index in [4.69, 9.17) is 9.47 Å². The van der Waals surface area contributed by atoms with Gasteiger partial charge in [-0.1, -0.05) is 30.3 Å². The number of benzene rings is 1. The summed E-state index contributed by atoms with van der Waals surface area (Å²) in [6.45, 7) is 2.68. The van der Waals surface area contributed by atoms with E-state index in [9.17, 15) is 22.8 Å². The first-order valence-electron chi connectivity index (χ1n) is 9.01. The molecular weight excluding hydrogens is 377 g/mol. The van der Waals surface area contributed by atoms with Crippen molar-refractivity contribution in [2.24, 2.45) is 0 Å². The second-order valence-electron chi connectivity index (χ2n) is 6.79. The van der Waals surface area contributed by atoms with E-state index in [1.807, 2.05) is 0 Å². The Hall–Kier alpha value is -2.13. The minimum Gasteiger partial charge on any atom is -0.354 e. The lowest BCUT2D eigenvalue weighted by Gasteiger charge is -2.39. The van der Waals surface area contributed by atoms with Crippen molar-refractivity contribution in [1.29, 1.82) is 0 Å². The first-order chi connectivity index (χ1) is 13.1. The maximum Gasteiger partial charge on any atom is 0.471 e. The van der Waals surface area contributed by atoms with Gasteiger partial charge in [0.15, 0.2) is 6.29 Å². The lowest BCUT2D eigenvalue weighted by Crippen LogP contribution is -2.53. The van der Waals surface area contributed by atoms with Crippen LogP contribution in [0.5, 0.6) is 0 Å². The molecule has 1 saturated heterocycles. The second-order valence-corrected chi connectivity index (χ2v) is 6.79. The fourth-order valence-electron chi connectivity index (χ4n) is 3.32. The first-order valence-corrected chi connectivity index (χ1v) is 9.01. The van der Waals surface area contributed by atoms with Crippen LogP contribution in [-0.4, -0.2) is 55.0 Å². The molecular formula is C19H25F3N2O4. The van der Waals surface area contributed by atoms with Gasteiger partial charge in [-0.2, -0.15) is 13.2 Å². The fraction of sp³-hybridized carbons (Fsp3) is 0.579. The molecule has 1 N–H and O–H groups in total. The molecule has 1 aromatic rings. The van der Waals surface area contributed by atoms with Gasteiger partial charge in [-0.15, -0.1) is 0 Å². The van der Waals surface area contributed by atoms with Gasteiger partial charge >= 0.3 is 12.1 Å². The molecule has 0 bridgehead atoms. The summed E-state index contributed by atoms with van der Waals surface area (Å²) in [6, 6.07) is 7.34. The zero-order valence-electron chi connectivity index (χ0n) is 16.0. The molecule has 0 aromatic heterocycles. The summed E-state index contributed by atoms with van der Waals surface area (Å²) in [5.41, 5.74) is 0.593. The molecule has 28 heavy (non-hydrogen) atoms. The van der Waals surface area contributed by atoms with Crippen molar-refractivity contribution in [1.82, 2.24) is 10.2 Å². The monoisotopic (exact) mass is 402 g/mol. The molecule has 1 aliphatic rings. The van der Waals surface area contributed by atoms with Crippen LogP contribution in [0.3, 0.4) is 0 Å². The third kappa shape index (κ3) is 5.68. The van der Waals surface area contributed by atoms with Crippen LogP contribution in [0.15, 0.2) is 30.3 Å². The number of alkyl halides is 3. The predicted molar refractivity (Wildman–Crippen MR) is 95.1 cm³/mol. The molecule has 0 aliphatic carbocycles. The summed E-state index contributed by atoms with van der Waals surface area (Å²) in [5.74, 6) is -2.16. The summed E-state index contributed by atoms with van der Waals surface area (Å²) in [7, 11) is 1.40. The van der Waals surface area contributed by atoms with Gasteiger partial charge in [-0.3, -0.25) is 9.59 Å². The molecule has 1 heterocycles. The molecule has 4 atom stereocenters. The molecule has 1 aromatic carbocycles. The van der Waals surface area contributed by atoms with Crippen LogP contribution in [-0.2, 0) is 19.1 Å². The number of carbonyl (C=O) groups excluding carboxylic acids is 2. The van der Waals surface area contributed by atoms with Gasteiger partial charge < -0.3 is 19.7 Å². The highest BCUT2D eigenvalue weighted by atomic mass is 19.4. The number of hydrogen-bond donors (Lipinski definition) is 1. The van der Waals surface area contributed by atoms with E-state index in [0.29, 0.717) is 18.4 Å². The standard InChI is InChI=1S/C19H25F3N2O4/c1-12(14-7-5-4-6-8-14)24(18(26)19(20,21)22)11-15-9-10-16(23-13(2)25)17(27-3)28-15/h4-8,12,15-17H,9-11H2,1-3H3,(H,23,25)/t12-,15+,16-,17+/m1/s1.